The minimum Gasteiger partial charge on any atom is -0.481 e. The smallest absolute Gasteiger partial charge is 0.303 e. The maximum Gasteiger partial charge on any atom is 0.303 e. The topological polar surface area (TPSA) is 68.0 Å². The molecule has 0 spiro atoms. The number of hydrogen-bond donors (Lipinski definition) is 1. The molecule has 0 aliphatic carbocycles. The summed E-state index contributed by atoms with van der Waals surface area (Å²) in [5.41, 5.74) is 0. The first kappa shape index (κ1) is 11.7. The van der Waals surface area contributed by atoms with Crippen molar-refractivity contribution >= 4 is 5.97 Å². The number of carbonyl (C=O) groups is 1. The van der Waals surface area contributed by atoms with Crippen molar-refractivity contribution in [2.24, 2.45) is 5.92 Å². The van der Waals surface area contributed by atoms with Gasteiger partial charge in [-0.15, -0.1) is 10.2 Å². The summed E-state index contributed by atoms with van der Waals surface area (Å²) in [6, 6.07) is 0. The molecule has 0 radical (unpaired) electrons. The van der Waals surface area contributed by atoms with Gasteiger partial charge in [-0.05, 0) is 12.3 Å². The number of nitrogens with zero attached hydrogens (tertiary/aromatic N) is 3. The van der Waals surface area contributed by atoms with Crippen molar-refractivity contribution < 1.29 is 9.90 Å². The van der Waals surface area contributed by atoms with E-state index in [2.05, 4.69) is 24.0 Å². The highest BCUT2D eigenvalue weighted by Gasteiger charge is 2.06. The maximum atomic E-state index is 10.3. The molecule has 0 bridgehead atoms. The van der Waals surface area contributed by atoms with Gasteiger partial charge in [0.15, 0.2) is 0 Å². The van der Waals surface area contributed by atoms with Crippen LogP contribution in [-0.2, 0) is 17.8 Å². The minimum atomic E-state index is -0.759. The molecule has 84 valence electrons. The van der Waals surface area contributed by atoms with E-state index in [9.17, 15) is 4.79 Å². The van der Waals surface area contributed by atoms with Gasteiger partial charge in [0, 0.05) is 19.4 Å². The van der Waals surface area contributed by atoms with Gasteiger partial charge in [0.25, 0.3) is 0 Å². The van der Waals surface area contributed by atoms with Gasteiger partial charge in [0.2, 0.25) is 0 Å². The van der Waals surface area contributed by atoms with E-state index >= 15 is 0 Å². The van der Waals surface area contributed by atoms with Crippen LogP contribution in [0.3, 0.4) is 0 Å². The van der Waals surface area contributed by atoms with Gasteiger partial charge in [0.05, 0.1) is 0 Å². The number of hydrogen-bond acceptors (Lipinski definition) is 3. The van der Waals surface area contributed by atoms with Gasteiger partial charge >= 0.3 is 5.97 Å². The van der Waals surface area contributed by atoms with Gasteiger partial charge in [-0.25, -0.2) is 0 Å². The van der Waals surface area contributed by atoms with Crippen LogP contribution < -0.4 is 0 Å². The molecule has 0 aliphatic rings. The summed E-state index contributed by atoms with van der Waals surface area (Å²) >= 11 is 0. The predicted octanol–water partition coefficient (Wildman–Crippen LogP) is 1.34. The number of carboxylic acids is 1. The fourth-order valence-corrected chi connectivity index (χ4v) is 1.42. The van der Waals surface area contributed by atoms with Crippen LogP contribution >= 0.6 is 0 Å². The number of carboxylic acid groups (broad SMARTS) is 1. The second-order valence-corrected chi connectivity index (χ2v) is 4.04. The Morgan fingerprint density at radius 2 is 2.33 bits per heavy atom. The van der Waals surface area contributed by atoms with Crippen molar-refractivity contribution in [3.8, 4) is 0 Å². The van der Waals surface area contributed by atoms with Crippen molar-refractivity contribution in [1.82, 2.24) is 14.8 Å². The summed E-state index contributed by atoms with van der Waals surface area (Å²) in [6.07, 6.45) is 3.19. The van der Waals surface area contributed by atoms with Crippen LogP contribution in [0.25, 0.3) is 0 Å². The zero-order valence-corrected chi connectivity index (χ0v) is 9.18. The largest absolute Gasteiger partial charge is 0.481 e. The number of aryl methyl sites for hydroxylation is 1. The molecule has 1 rings (SSSR count). The molecule has 1 aromatic rings. The van der Waals surface area contributed by atoms with Crippen molar-refractivity contribution in [2.45, 2.75) is 39.7 Å². The summed E-state index contributed by atoms with van der Waals surface area (Å²) in [4.78, 5) is 10.3. The summed E-state index contributed by atoms with van der Waals surface area (Å²) in [5, 5.41) is 16.3. The molecular weight excluding hydrogens is 194 g/mol. The molecule has 1 aromatic heterocycles. The van der Waals surface area contributed by atoms with Gasteiger partial charge in [-0.3, -0.25) is 4.79 Å². The van der Waals surface area contributed by atoms with E-state index in [1.165, 1.54) is 0 Å². The molecule has 1 heterocycles. The van der Waals surface area contributed by atoms with Crippen LogP contribution in [-0.4, -0.2) is 25.8 Å². The quantitative estimate of drug-likeness (QED) is 0.771. The van der Waals surface area contributed by atoms with Crippen molar-refractivity contribution in [1.29, 1.82) is 0 Å². The van der Waals surface area contributed by atoms with Gasteiger partial charge < -0.3 is 9.67 Å². The Labute approximate surface area is 89.1 Å². The molecule has 0 aromatic carbocycles. The lowest BCUT2D eigenvalue weighted by molar-refractivity contribution is -0.137. The first-order chi connectivity index (χ1) is 7.09. The first-order valence-corrected chi connectivity index (χ1v) is 5.18. The third-order valence-corrected chi connectivity index (χ3v) is 2.05. The summed E-state index contributed by atoms with van der Waals surface area (Å²) < 4.78 is 1.99. The van der Waals surface area contributed by atoms with E-state index in [1.807, 2.05) is 4.57 Å². The Kier molecular flexibility index (Phi) is 4.27. The van der Waals surface area contributed by atoms with E-state index in [4.69, 9.17) is 5.11 Å². The molecule has 0 saturated carbocycles. The molecule has 0 atom stereocenters. The van der Waals surface area contributed by atoms with E-state index in [1.54, 1.807) is 6.33 Å². The number of rotatable bonds is 6. The standard InChI is InChI=1S/C10H17N3O2/c1-8(2)6-13-7-11-12-9(13)4-3-5-10(14)15/h7-8H,3-6H2,1-2H3,(H,14,15). The molecular formula is C10H17N3O2. The Morgan fingerprint density at radius 3 is 2.93 bits per heavy atom. The molecule has 5 nitrogen and oxygen atoms in total. The van der Waals surface area contributed by atoms with Crippen LogP contribution in [0.2, 0.25) is 0 Å². The van der Waals surface area contributed by atoms with Crippen molar-refractivity contribution in [2.75, 3.05) is 0 Å². The van der Waals surface area contributed by atoms with Gasteiger partial charge in [-0.2, -0.15) is 0 Å². The SMILES string of the molecule is CC(C)Cn1cnnc1CCCC(=O)O. The minimum absolute atomic E-state index is 0.189. The third kappa shape index (κ3) is 4.10. The third-order valence-electron chi connectivity index (χ3n) is 2.05. The predicted molar refractivity (Wildman–Crippen MR) is 55.4 cm³/mol. The lowest BCUT2D eigenvalue weighted by Crippen LogP contribution is -2.08. The number of aromatic nitrogens is 3. The first-order valence-electron chi connectivity index (χ1n) is 5.18. The Hall–Kier alpha value is -1.39. The van der Waals surface area contributed by atoms with E-state index in [-0.39, 0.29) is 6.42 Å². The average Bonchev–Trinajstić information content (AvgIpc) is 2.51. The highest BCUT2D eigenvalue weighted by molar-refractivity contribution is 5.66. The van der Waals surface area contributed by atoms with Crippen LogP contribution in [0.1, 0.15) is 32.5 Å². The lowest BCUT2D eigenvalue weighted by atomic mass is 10.2. The lowest BCUT2D eigenvalue weighted by Gasteiger charge is -2.08. The number of aliphatic carboxylic acids is 1. The Bertz CT molecular complexity index is 320. The molecule has 0 saturated heterocycles. The van der Waals surface area contributed by atoms with Crippen molar-refractivity contribution in [3.05, 3.63) is 12.2 Å². The van der Waals surface area contributed by atoms with Crippen LogP contribution in [0.15, 0.2) is 6.33 Å². The molecule has 0 unspecified atom stereocenters. The molecule has 0 fully saturated rings. The highest BCUT2D eigenvalue weighted by atomic mass is 16.4. The second kappa shape index (κ2) is 5.48. The average molecular weight is 211 g/mol. The van der Waals surface area contributed by atoms with Crippen LogP contribution in [0, 0.1) is 5.92 Å². The molecule has 1 N–H and O–H groups in total. The molecule has 15 heavy (non-hydrogen) atoms. The van der Waals surface area contributed by atoms with E-state index < -0.39 is 5.97 Å². The van der Waals surface area contributed by atoms with Gasteiger partial charge in [-0.1, -0.05) is 13.8 Å². The van der Waals surface area contributed by atoms with Crippen LogP contribution in [0.4, 0.5) is 0 Å². The maximum absolute atomic E-state index is 10.3. The second-order valence-electron chi connectivity index (χ2n) is 4.04. The Balaban J connectivity index is 2.46. The summed E-state index contributed by atoms with van der Waals surface area (Å²) in [5.74, 6) is 0.661. The van der Waals surface area contributed by atoms with E-state index in [0.717, 1.165) is 12.4 Å². The molecule has 0 amide bonds. The monoisotopic (exact) mass is 211 g/mol. The van der Waals surface area contributed by atoms with Crippen LogP contribution in [0.5, 0.6) is 0 Å². The molecule has 0 aliphatic heterocycles. The summed E-state index contributed by atoms with van der Waals surface area (Å²) in [7, 11) is 0. The zero-order chi connectivity index (χ0) is 11.3. The van der Waals surface area contributed by atoms with E-state index in [0.29, 0.717) is 18.8 Å². The molecule has 5 heteroatoms. The zero-order valence-electron chi connectivity index (χ0n) is 9.18. The fourth-order valence-electron chi connectivity index (χ4n) is 1.42. The highest BCUT2D eigenvalue weighted by Crippen LogP contribution is 2.05. The van der Waals surface area contributed by atoms with Crippen molar-refractivity contribution in [3.63, 3.8) is 0 Å². The Morgan fingerprint density at radius 1 is 1.60 bits per heavy atom. The van der Waals surface area contributed by atoms with Gasteiger partial charge in [0.1, 0.15) is 12.2 Å². The summed E-state index contributed by atoms with van der Waals surface area (Å²) in [6.45, 7) is 5.14. The fraction of sp³-hybridized carbons (Fsp3) is 0.700. The normalized spacial score (nSPS) is 10.9.